The van der Waals surface area contributed by atoms with Gasteiger partial charge in [0.25, 0.3) is 0 Å². The van der Waals surface area contributed by atoms with Crippen LogP contribution in [-0.4, -0.2) is 36.4 Å². The Labute approximate surface area is 157 Å². The maximum Gasteiger partial charge on any atom is 0.249 e. The second-order valence-electron chi connectivity index (χ2n) is 6.38. The number of carbonyl (C=O) groups is 1. The van der Waals surface area contributed by atoms with Gasteiger partial charge in [0.2, 0.25) is 15.9 Å². The molecule has 9 heteroatoms. The summed E-state index contributed by atoms with van der Waals surface area (Å²) in [6.45, 7) is 5.25. The number of hydrogen-bond donors (Lipinski definition) is 1. The van der Waals surface area contributed by atoms with Crippen molar-refractivity contribution in [3.63, 3.8) is 0 Å². The Kier molecular flexibility index (Phi) is 5.09. The summed E-state index contributed by atoms with van der Waals surface area (Å²) >= 11 is 5.99. The molecule has 1 aliphatic rings. The first-order valence-corrected chi connectivity index (χ1v) is 10.1. The number of carbonyl (C=O) groups excluding carboxylic acids is 1. The molecule has 7 nitrogen and oxygen atoms in total. The lowest BCUT2D eigenvalue weighted by atomic mass is 10.1. The van der Waals surface area contributed by atoms with Crippen LogP contribution in [-0.2, 0) is 14.8 Å². The molecule has 1 aromatic carbocycles. The number of rotatable bonds is 4. The zero-order valence-electron chi connectivity index (χ0n) is 14.7. The van der Waals surface area contributed by atoms with Crippen molar-refractivity contribution >= 4 is 33.2 Å². The predicted octanol–water partition coefficient (Wildman–Crippen LogP) is 3.05. The van der Waals surface area contributed by atoms with Gasteiger partial charge in [-0.2, -0.15) is 4.31 Å². The van der Waals surface area contributed by atoms with Crippen molar-refractivity contribution in [1.82, 2.24) is 9.46 Å². The van der Waals surface area contributed by atoms with Crippen molar-refractivity contribution in [3.8, 4) is 0 Å². The van der Waals surface area contributed by atoms with Crippen LogP contribution in [0.5, 0.6) is 0 Å². The molecular formula is C17H20ClN3O4S. The van der Waals surface area contributed by atoms with Gasteiger partial charge in [0.1, 0.15) is 16.6 Å². The Balaban J connectivity index is 1.88. The number of amides is 1. The third-order valence-corrected chi connectivity index (χ3v) is 6.89. The topological polar surface area (TPSA) is 92.5 Å². The maximum absolute atomic E-state index is 13.1. The van der Waals surface area contributed by atoms with Gasteiger partial charge in [-0.1, -0.05) is 22.8 Å². The van der Waals surface area contributed by atoms with Crippen LogP contribution in [0.4, 0.5) is 5.69 Å². The molecule has 1 atom stereocenters. The summed E-state index contributed by atoms with van der Waals surface area (Å²) in [5.41, 5.74) is 1.71. The van der Waals surface area contributed by atoms with Crippen molar-refractivity contribution in [2.75, 3.05) is 11.9 Å². The molecule has 1 aromatic heterocycles. The minimum absolute atomic E-state index is 0.0381. The van der Waals surface area contributed by atoms with Gasteiger partial charge in [0.05, 0.1) is 0 Å². The lowest BCUT2D eigenvalue weighted by molar-refractivity contribution is -0.119. The van der Waals surface area contributed by atoms with Gasteiger partial charge in [-0.3, -0.25) is 4.79 Å². The van der Waals surface area contributed by atoms with Gasteiger partial charge in [0.15, 0.2) is 5.76 Å². The van der Waals surface area contributed by atoms with Crippen LogP contribution in [0, 0.1) is 20.8 Å². The third-order valence-electron chi connectivity index (χ3n) is 4.50. The van der Waals surface area contributed by atoms with Gasteiger partial charge in [-0.15, -0.1) is 0 Å². The molecule has 140 valence electrons. The van der Waals surface area contributed by atoms with Crippen LogP contribution in [0.15, 0.2) is 27.6 Å². The Morgan fingerprint density at radius 2 is 2.08 bits per heavy atom. The smallest absolute Gasteiger partial charge is 0.249 e. The van der Waals surface area contributed by atoms with Crippen LogP contribution < -0.4 is 5.32 Å². The summed E-state index contributed by atoms with van der Waals surface area (Å²) in [4.78, 5) is 12.8. The first-order chi connectivity index (χ1) is 12.2. The minimum atomic E-state index is -3.87. The first kappa shape index (κ1) is 18.9. The van der Waals surface area contributed by atoms with Crippen LogP contribution in [0.2, 0.25) is 5.02 Å². The molecule has 0 bridgehead atoms. The molecular weight excluding hydrogens is 378 g/mol. The molecule has 26 heavy (non-hydrogen) atoms. The number of aromatic nitrogens is 1. The van der Waals surface area contributed by atoms with E-state index in [-0.39, 0.29) is 23.1 Å². The summed E-state index contributed by atoms with van der Waals surface area (Å²) in [6, 6.07) is 4.39. The SMILES string of the molecule is Cc1ccc(Cl)cc1NC(=O)[C@H]1CCCN1S(=O)(=O)c1c(C)noc1C. The van der Waals surface area contributed by atoms with Gasteiger partial charge in [0, 0.05) is 17.3 Å². The average molecular weight is 398 g/mol. The van der Waals surface area contributed by atoms with Crippen LogP contribution in [0.1, 0.15) is 29.9 Å². The molecule has 0 spiro atoms. The molecule has 1 fully saturated rings. The van der Waals surface area contributed by atoms with E-state index in [1.54, 1.807) is 32.0 Å². The van der Waals surface area contributed by atoms with Crippen molar-refractivity contribution in [2.24, 2.45) is 0 Å². The van der Waals surface area contributed by atoms with E-state index >= 15 is 0 Å². The van der Waals surface area contributed by atoms with Crippen LogP contribution >= 0.6 is 11.6 Å². The van der Waals surface area contributed by atoms with Gasteiger partial charge < -0.3 is 9.84 Å². The molecule has 1 aliphatic heterocycles. The van der Waals surface area contributed by atoms with Gasteiger partial charge in [-0.05, 0) is 51.3 Å². The van der Waals surface area contributed by atoms with Crippen molar-refractivity contribution < 1.29 is 17.7 Å². The zero-order chi connectivity index (χ0) is 19.1. The number of hydrogen-bond acceptors (Lipinski definition) is 5. The molecule has 1 N–H and O–H groups in total. The monoisotopic (exact) mass is 397 g/mol. The number of benzene rings is 1. The summed E-state index contributed by atoms with van der Waals surface area (Å²) in [7, 11) is -3.87. The Morgan fingerprint density at radius 3 is 2.73 bits per heavy atom. The second-order valence-corrected chi connectivity index (χ2v) is 8.64. The van der Waals surface area contributed by atoms with Crippen molar-refractivity contribution in [1.29, 1.82) is 0 Å². The van der Waals surface area contributed by atoms with E-state index in [9.17, 15) is 13.2 Å². The summed E-state index contributed by atoms with van der Waals surface area (Å²) in [5.74, 6) is -0.151. The van der Waals surface area contributed by atoms with Crippen LogP contribution in [0.3, 0.4) is 0 Å². The van der Waals surface area contributed by atoms with E-state index in [0.717, 1.165) is 5.56 Å². The van der Waals surface area contributed by atoms with Crippen molar-refractivity contribution in [2.45, 2.75) is 44.6 Å². The molecule has 2 aromatic rings. The zero-order valence-corrected chi connectivity index (χ0v) is 16.3. The highest BCUT2D eigenvalue weighted by Crippen LogP contribution is 2.30. The van der Waals surface area contributed by atoms with E-state index in [2.05, 4.69) is 10.5 Å². The molecule has 1 saturated heterocycles. The van der Waals surface area contributed by atoms with Gasteiger partial charge in [-0.25, -0.2) is 8.42 Å². The Hall–Kier alpha value is -1.90. The molecule has 0 unspecified atom stereocenters. The lowest BCUT2D eigenvalue weighted by Crippen LogP contribution is -2.43. The number of anilines is 1. The Morgan fingerprint density at radius 1 is 1.35 bits per heavy atom. The molecule has 0 radical (unpaired) electrons. The quantitative estimate of drug-likeness (QED) is 0.855. The summed E-state index contributed by atoms with van der Waals surface area (Å²) in [6.07, 6.45) is 1.06. The number of nitrogens with zero attached hydrogens (tertiary/aromatic N) is 2. The van der Waals surface area contributed by atoms with E-state index in [1.165, 1.54) is 4.31 Å². The van der Waals surface area contributed by atoms with E-state index in [0.29, 0.717) is 29.2 Å². The van der Waals surface area contributed by atoms with E-state index < -0.39 is 16.1 Å². The fourth-order valence-corrected chi connectivity index (χ4v) is 5.32. The van der Waals surface area contributed by atoms with E-state index in [1.807, 2.05) is 6.92 Å². The number of nitrogens with one attached hydrogen (secondary N) is 1. The van der Waals surface area contributed by atoms with E-state index in [4.69, 9.17) is 16.1 Å². The fourth-order valence-electron chi connectivity index (χ4n) is 3.19. The average Bonchev–Trinajstić information content (AvgIpc) is 3.18. The second kappa shape index (κ2) is 7.02. The lowest BCUT2D eigenvalue weighted by Gasteiger charge is -2.23. The molecule has 0 aliphatic carbocycles. The largest absolute Gasteiger partial charge is 0.360 e. The predicted molar refractivity (Wildman–Crippen MR) is 97.7 cm³/mol. The fraction of sp³-hybridized carbons (Fsp3) is 0.412. The maximum atomic E-state index is 13.1. The standard InChI is InChI=1S/C17H20ClN3O4S/c1-10-6-7-13(18)9-14(10)19-17(22)15-5-4-8-21(15)26(23,24)16-11(2)20-25-12(16)3/h6-7,9,15H,4-5,8H2,1-3H3,(H,19,22)/t15-/m1/s1. The summed E-state index contributed by atoms with van der Waals surface area (Å²) in [5, 5.41) is 7.02. The van der Waals surface area contributed by atoms with Crippen LogP contribution in [0.25, 0.3) is 0 Å². The Bertz CT molecular complexity index is 935. The molecule has 1 amide bonds. The highest BCUT2D eigenvalue weighted by molar-refractivity contribution is 7.89. The van der Waals surface area contributed by atoms with Crippen molar-refractivity contribution in [3.05, 3.63) is 40.2 Å². The number of sulfonamides is 1. The third kappa shape index (κ3) is 3.36. The summed E-state index contributed by atoms with van der Waals surface area (Å²) < 4.78 is 32.3. The number of halogens is 1. The minimum Gasteiger partial charge on any atom is -0.360 e. The molecule has 2 heterocycles. The normalized spacial score (nSPS) is 18.2. The van der Waals surface area contributed by atoms with Gasteiger partial charge >= 0.3 is 0 Å². The number of aryl methyl sites for hydroxylation is 3. The molecule has 0 saturated carbocycles. The highest BCUT2D eigenvalue weighted by atomic mass is 35.5. The first-order valence-electron chi connectivity index (χ1n) is 8.23. The highest BCUT2D eigenvalue weighted by Gasteiger charge is 2.41. The molecule has 3 rings (SSSR count).